The Morgan fingerprint density at radius 1 is 1.12 bits per heavy atom. The van der Waals surface area contributed by atoms with E-state index in [0.717, 1.165) is 43.9 Å². The molecule has 0 aromatic heterocycles. The second-order valence-electron chi connectivity index (χ2n) is 9.99. The van der Waals surface area contributed by atoms with Crippen LogP contribution < -0.4 is 0 Å². The number of hydrogen-bond donors (Lipinski definition) is 0. The monoisotopic (exact) mass is 357 g/mol. The van der Waals surface area contributed by atoms with Gasteiger partial charge in [0.25, 0.3) is 0 Å². The minimum Gasteiger partial charge on any atom is -0.501 e. The second kappa shape index (κ2) is 6.22. The molecular weight excluding hydrogens is 322 g/mol. The van der Waals surface area contributed by atoms with Gasteiger partial charge in [0.2, 0.25) is 0 Å². The van der Waals surface area contributed by atoms with Crippen molar-refractivity contribution in [1.29, 1.82) is 0 Å². The molecule has 0 spiro atoms. The second-order valence-corrected chi connectivity index (χ2v) is 9.99. The van der Waals surface area contributed by atoms with Crippen LogP contribution in [0.1, 0.15) is 58.8 Å². The zero-order valence-electron chi connectivity index (χ0n) is 17.2. The number of rotatable bonds is 3. The minimum atomic E-state index is -0.0412. The van der Waals surface area contributed by atoms with Gasteiger partial charge in [-0.25, -0.2) is 0 Å². The van der Waals surface area contributed by atoms with Crippen LogP contribution in [0.3, 0.4) is 0 Å². The molecular formula is C23H35NO2. The number of carbonyl (C=O) groups excluding carboxylic acids is 1. The van der Waals surface area contributed by atoms with Crippen LogP contribution in [-0.4, -0.2) is 38.4 Å². The lowest BCUT2D eigenvalue weighted by molar-refractivity contribution is -0.131. The Morgan fingerprint density at radius 2 is 1.85 bits per heavy atom. The van der Waals surface area contributed by atoms with Gasteiger partial charge in [0.05, 0.1) is 12.9 Å². The van der Waals surface area contributed by atoms with Crippen molar-refractivity contribution < 1.29 is 9.53 Å². The molecule has 0 aromatic carbocycles. The maximum Gasteiger partial charge on any atom is 0.139 e. The minimum absolute atomic E-state index is 0.0412. The van der Waals surface area contributed by atoms with E-state index in [9.17, 15) is 4.79 Å². The number of hydrogen-bond acceptors (Lipinski definition) is 3. The summed E-state index contributed by atoms with van der Waals surface area (Å²) in [5.74, 6) is 3.68. The molecule has 4 rings (SSSR count). The van der Waals surface area contributed by atoms with E-state index in [1.54, 1.807) is 11.1 Å². The number of nitrogens with zero attached hydrogens (tertiary/aromatic N) is 1. The van der Waals surface area contributed by atoms with Gasteiger partial charge in [-0.1, -0.05) is 19.4 Å². The summed E-state index contributed by atoms with van der Waals surface area (Å²) < 4.78 is 5.64. The van der Waals surface area contributed by atoms with Crippen LogP contribution >= 0.6 is 0 Å². The van der Waals surface area contributed by atoms with Gasteiger partial charge in [-0.05, 0) is 81.0 Å². The Hall–Kier alpha value is -1.09. The number of fused-ring (bicyclic) bond motifs is 5. The highest BCUT2D eigenvalue weighted by atomic mass is 16.5. The molecule has 2 saturated carbocycles. The molecule has 26 heavy (non-hydrogen) atoms. The van der Waals surface area contributed by atoms with E-state index in [0.29, 0.717) is 17.6 Å². The molecule has 0 N–H and O–H groups in total. The third kappa shape index (κ3) is 2.53. The summed E-state index contributed by atoms with van der Waals surface area (Å²) in [4.78, 5) is 15.0. The number of likely N-dealkylation sites (N-methyl/N-ethyl adjacent to an activating group) is 1. The molecule has 0 aromatic rings. The van der Waals surface area contributed by atoms with Crippen LogP contribution in [0.25, 0.3) is 0 Å². The number of Topliss-reactive ketones (excluding diaryl/α,β-unsaturated/α-hetero) is 1. The number of ether oxygens (including phenoxy) is 1. The molecule has 0 bridgehead atoms. The Labute approximate surface area is 158 Å². The van der Waals surface area contributed by atoms with Crippen molar-refractivity contribution >= 4 is 5.78 Å². The molecule has 3 heteroatoms. The van der Waals surface area contributed by atoms with E-state index >= 15 is 0 Å². The van der Waals surface area contributed by atoms with Crippen LogP contribution in [-0.2, 0) is 9.53 Å². The number of carbonyl (C=O) groups is 1. The molecule has 3 nitrogen and oxygen atoms in total. The Morgan fingerprint density at radius 3 is 2.54 bits per heavy atom. The average molecular weight is 358 g/mol. The number of ketones is 1. The zero-order chi connectivity index (χ0) is 18.7. The van der Waals surface area contributed by atoms with Crippen molar-refractivity contribution in [3.8, 4) is 0 Å². The maximum absolute atomic E-state index is 12.7. The molecule has 2 fully saturated rings. The molecule has 4 aliphatic rings. The van der Waals surface area contributed by atoms with E-state index in [4.69, 9.17) is 4.74 Å². The normalized spacial score (nSPS) is 42.3. The predicted octanol–water partition coefficient (Wildman–Crippen LogP) is 4.59. The van der Waals surface area contributed by atoms with Gasteiger partial charge in [0.1, 0.15) is 5.78 Å². The van der Waals surface area contributed by atoms with Crippen LogP contribution in [0.15, 0.2) is 23.0 Å². The molecule has 0 unspecified atom stereocenters. The first-order valence-electron chi connectivity index (χ1n) is 10.4. The van der Waals surface area contributed by atoms with Crippen molar-refractivity contribution in [2.45, 2.75) is 58.8 Å². The van der Waals surface area contributed by atoms with Crippen LogP contribution in [0, 0.1) is 28.6 Å². The molecule has 0 saturated heterocycles. The van der Waals surface area contributed by atoms with Crippen molar-refractivity contribution in [1.82, 2.24) is 4.90 Å². The Kier molecular flexibility index (Phi) is 4.38. The van der Waals surface area contributed by atoms with E-state index in [1.165, 1.54) is 19.3 Å². The summed E-state index contributed by atoms with van der Waals surface area (Å²) in [6.45, 7) is 5.82. The first-order valence-corrected chi connectivity index (χ1v) is 10.4. The van der Waals surface area contributed by atoms with E-state index in [-0.39, 0.29) is 10.8 Å². The van der Waals surface area contributed by atoms with Gasteiger partial charge in [-0.3, -0.25) is 4.79 Å². The molecule has 0 radical (unpaired) electrons. The smallest absolute Gasteiger partial charge is 0.139 e. The third-order valence-corrected chi connectivity index (χ3v) is 8.41. The summed E-state index contributed by atoms with van der Waals surface area (Å²) in [7, 11) is 6.15. The van der Waals surface area contributed by atoms with Gasteiger partial charge in [0.15, 0.2) is 0 Å². The molecule has 0 aliphatic heterocycles. The van der Waals surface area contributed by atoms with Crippen LogP contribution in [0.5, 0.6) is 0 Å². The van der Waals surface area contributed by atoms with E-state index in [2.05, 4.69) is 38.9 Å². The molecule has 144 valence electrons. The molecule has 0 amide bonds. The molecule has 5 atom stereocenters. The van der Waals surface area contributed by atoms with Crippen LogP contribution in [0.4, 0.5) is 0 Å². The third-order valence-electron chi connectivity index (χ3n) is 8.41. The van der Waals surface area contributed by atoms with E-state index < -0.39 is 0 Å². The predicted molar refractivity (Wildman–Crippen MR) is 105 cm³/mol. The SMILES string of the molecule is COC1=CC2=C(CN(C)C)C[C@@H]3[C@H](CC[C@]4(C)C(=O)CC[C@@H]34)[C@@]2(C)CC1. The van der Waals surface area contributed by atoms with Gasteiger partial charge >= 0.3 is 0 Å². The lowest BCUT2D eigenvalue weighted by atomic mass is 9.47. The van der Waals surface area contributed by atoms with Gasteiger partial charge < -0.3 is 9.64 Å². The largest absolute Gasteiger partial charge is 0.501 e. The van der Waals surface area contributed by atoms with Crippen molar-refractivity contribution in [3.05, 3.63) is 23.0 Å². The van der Waals surface area contributed by atoms with Crippen molar-refractivity contribution in [3.63, 3.8) is 0 Å². The fraction of sp³-hybridized carbons (Fsp3) is 0.783. The highest BCUT2D eigenvalue weighted by Crippen LogP contribution is 2.64. The average Bonchev–Trinajstić information content (AvgIpc) is 2.90. The summed E-state index contributed by atoms with van der Waals surface area (Å²) in [6, 6.07) is 0. The van der Waals surface area contributed by atoms with Crippen molar-refractivity contribution in [2.24, 2.45) is 28.6 Å². The molecule has 4 aliphatic carbocycles. The van der Waals surface area contributed by atoms with Crippen molar-refractivity contribution in [2.75, 3.05) is 27.7 Å². The lowest BCUT2D eigenvalue weighted by Crippen LogP contribution is -2.50. The van der Waals surface area contributed by atoms with Gasteiger partial charge in [-0.2, -0.15) is 0 Å². The Bertz CT molecular complexity index is 676. The van der Waals surface area contributed by atoms with Crippen LogP contribution in [0.2, 0.25) is 0 Å². The van der Waals surface area contributed by atoms with Gasteiger partial charge in [0, 0.05) is 24.8 Å². The topological polar surface area (TPSA) is 29.5 Å². The fourth-order valence-electron chi connectivity index (χ4n) is 7.03. The summed E-state index contributed by atoms with van der Waals surface area (Å²) >= 11 is 0. The van der Waals surface area contributed by atoms with Gasteiger partial charge in [-0.15, -0.1) is 0 Å². The zero-order valence-corrected chi connectivity index (χ0v) is 17.2. The Balaban J connectivity index is 1.79. The summed E-state index contributed by atoms with van der Waals surface area (Å²) in [5.41, 5.74) is 3.36. The lowest BCUT2D eigenvalue weighted by Gasteiger charge is -2.57. The molecule has 0 heterocycles. The number of allylic oxidation sites excluding steroid dienone is 3. The summed E-state index contributed by atoms with van der Waals surface area (Å²) in [5, 5.41) is 0. The van der Waals surface area contributed by atoms with E-state index in [1.807, 2.05) is 7.11 Å². The first kappa shape index (κ1) is 18.3. The maximum atomic E-state index is 12.7. The quantitative estimate of drug-likeness (QED) is 0.740. The number of methoxy groups -OCH3 is 1. The fourth-order valence-corrected chi connectivity index (χ4v) is 7.03. The highest BCUT2D eigenvalue weighted by Gasteiger charge is 2.59. The summed E-state index contributed by atoms with van der Waals surface area (Å²) in [6.07, 6.45) is 10.0. The first-order chi connectivity index (χ1) is 12.3. The standard InChI is InChI=1S/C23H35NO2/c1-22-10-8-16(26-5)13-20(22)15(14-24(3)4)12-17-18-6-7-21(25)23(18,2)11-9-19(17)22/h13,17-19H,6-12,14H2,1-5H3/t17-,18-,19-,22+,23-/m0/s1. The highest BCUT2D eigenvalue weighted by molar-refractivity contribution is 5.87.